The second kappa shape index (κ2) is 8.68. The van der Waals surface area contributed by atoms with E-state index < -0.39 is 11.7 Å². The van der Waals surface area contributed by atoms with Gasteiger partial charge in [-0.3, -0.25) is 19.1 Å². The first-order chi connectivity index (χ1) is 16.5. The monoisotopic (exact) mass is 475 g/mol. The lowest BCUT2D eigenvalue weighted by Crippen LogP contribution is -2.14. The van der Waals surface area contributed by atoms with Crippen LogP contribution in [-0.4, -0.2) is 27.1 Å². The van der Waals surface area contributed by atoms with E-state index in [0.717, 1.165) is 0 Å². The topological polar surface area (TPSA) is 143 Å². The molecule has 3 aromatic carbocycles. The van der Waals surface area contributed by atoms with Crippen molar-refractivity contribution in [3.8, 4) is 11.4 Å². The Morgan fingerprint density at radius 1 is 0.882 bits per heavy atom. The molecule has 10 nitrogen and oxygen atoms in total. The van der Waals surface area contributed by atoms with Gasteiger partial charge in [0.05, 0.1) is 11.1 Å². The molecule has 5 rings (SSSR count). The molecule has 11 heteroatoms. The molecule has 0 aliphatic heterocycles. The molecule has 2 amide bonds. The van der Waals surface area contributed by atoms with E-state index >= 15 is 0 Å². The fourth-order valence-electron chi connectivity index (χ4n) is 3.32. The van der Waals surface area contributed by atoms with Crippen molar-refractivity contribution in [1.29, 1.82) is 0 Å². The summed E-state index contributed by atoms with van der Waals surface area (Å²) in [5.74, 6) is -1.53. The summed E-state index contributed by atoms with van der Waals surface area (Å²) in [6.45, 7) is 0. The van der Waals surface area contributed by atoms with Gasteiger partial charge in [-0.25, -0.2) is 4.79 Å². The Morgan fingerprint density at radius 2 is 1.71 bits per heavy atom. The lowest BCUT2D eigenvalue weighted by atomic mass is 10.1. The number of halogens is 1. The van der Waals surface area contributed by atoms with Crippen molar-refractivity contribution in [1.82, 2.24) is 15.3 Å². The minimum atomic E-state index is -0.750. The first-order valence-electron chi connectivity index (χ1n) is 9.91. The molecule has 0 spiro atoms. The van der Waals surface area contributed by atoms with Crippen molar-refractivity contribution in [3.05, 3.63) is 93.6 Å². The van der Waals surface area contributed by atoms with Gasteiger partial charge in [0.15, 0.2) is 17.1 Å². The van der Waals surface area contributed by atoms with E-state index in [2.05, 4.69) is 30.5 Å². The van der Waals surface area contributed by atoms with E-state index in [4.69, 9.17) is 16.1 Å². The molecule has 0 aliphatic rings. The first-order valence-corrected chi connectivity index (χ1v) is 10.3. The highest BCUT2D eigenvalue weighted by Gasteiger charge is 2.20. The molecular formula is C23H14ClN5O5. The van der Waals surface area contributed by atoms with Crippen LogP contribution in [0, 0.1) is 0 Å². The number of carbonyl (C=O) groups excluding carboxylic acids is 2. The second-order valence-electron chi connectivity index (χ2n) is 7.15. The number of anilines is 2. The predicted octanol–water partition coefficient (Wildman–Crippen LogP) is 4.33. The SMILES string of the molecule is O=C(Nc1ccc2onc(C(=O)Nc3ccc(Cl)cc3-c3noc(=O)[nH]3)c2c1)c1ccccc1. The van der Waals surface area contributed by atoms with Crippen molar-refractivity contribution < 1.29 is 18.6 Å². The van der Waals surface area contributed by atoms with Crippen LogP contribution in [0.5, 0.6) is 0 Å². The maximum atomic E-state index is 13.0. The van der Waals surface area contributed by atoms with Crippen molar-refractivity contribution >= 4 is 45.8 Å². The predicted molar refractivity (Wildman–Crippen MR) is 124 cm³/mol. The molecule has 168 valence electrons. The maximum Gasteiger partial charge on any atom is 0.439 e. The highest BCUT2D eigenvalue weighted by molar-refractivity contribution is 6.31. The molecule has 5 aromatic rings. The Balaban J connectivity index is 1.44. The molecule has 0 radical (unpaired) electrons. The third-order valence-corrected chi connectivity index (χ3v) is 5.14. The van der Waals surface area contributed by atoms with Gasteiger partial charge in [0.25, 0.3) is 11.8 Å². The van der Waals surface area contributed by atoms with Crippen LogP contribution in [0.3, 0.4) is 0 Å². The number of aromatic amines is 1. The Hall–Kier alpha value is -4.70. The number of hydrogen-bond donors (Lipinski definition) is 3. The summed E-state index contributed by atoms with van der Waals surface area (Å²) in [6.07, 6.45) is 0. The second-order valence-corrected chi connectivity index (χ2v) is 7.59. The van der Waals surface area contributed by atoms with E-state index in [1.165, 1.54) is 6.07 Å². The highest BCUT2D eigenvalue weighted by atomic mass is 35.5. The number of hydrogen-bond acceptors (Lipinski definition) is 7. The van der Waals surface area contributed by atoms with Gasteiger partial charge in [-0.15, -0.1) is 0 Å². The van der Waals surface area contributed by atoms with Gasteiger partial charge in [-0.2, -0.15) is 0 Å². The third kappa shape index (κ3) is 4.17. The fourth-order valence-corrected chi connectivity index (χ4v) is 3.49. The first kappa shape index (κ1) is 21.2. The number of fused-ring (bicyclic) bond motifs is 1. The molecule has 3 N–H and O–H groups in total. The van der Waals surface area contributed by atoms with Crippen molar-refractivity contribution in [3.63, 3.8) is 0 Å². The Morgan fingerprint density at radius 3 is 2.47 bits per heavy atom. The zero-order chi connectivity index (χ0) is 23.7. The lowest BCUT2D eigenvalue weighted by molar-refractivity contribution is 0.101. The third-order valence-electron chi connectivity index (χ3n) is 4.90. The van der Waals surface area contributed by atoms with Crippen LogP contribution >= 0.6 is 11.6 Å². The number of nitrogens with one attached hydrogen (secondary N) is 3. The van der Waals surface area contributed by atoms with Crippen LogP contribution in [0.2, 0.25) is 5.02 Å². The summed E-state index contributed by atoms with van der Waals surface area (Å²) in [6, 6.07) is 18.2. The number of benzene rings is 3. The van der Waals surface area contributed by atoms with Gasteiger partial charge in [-0.1, -0.05) is 40.1 Å². The van der Waals surface area contributed by atoms with E-state index in [1.807, 2.05) is 6.07 Å². The number of nitrogens with zero attached hydrogens (tertiary/aromatic N) is 2. The number of aromatic nitrogens is 3. The minimum Gasteiger partial charge on any atom is -0.355 e. The van der Waals surface area contributed by atoms with E-state index in [-0.39, 0.29) is 17.4 Å². The van der Waals surface area contributed by atoms with Crippen LogP contribution in [0.4, 0.5) is 11.4 Å². The van der Waals surface area contributed by atoms with Gasteiger partial charge in [0.2, 0.25) is 0 Å². The summed E-state index contributed by atoms with van der Waals surface area (Å²) in [4.78, 5) is 39.3. The number of H-pyrrole nitrogens is 1. The fraction of sp³-hybridized carbons (Fsp3) is 0. The Bertz CT molecular complexity index is 1590. The molecule has 0 atom stereocenters. The van der Waals surface area contributed by atoms with Crippen molar-refractivity contribution in [2.75, 3.05) is 10.6 Å². The summed E-state index contributed by atoms with van der Waals surface area (Å²) < 4.78 is 9.82. The summed E-state index contributed by atoms with van der Waals surface area (Å²) in [5.41, 5.74) is 1.97. The number of rotatable bonds is 5. The zero-order valence-corrected chi connectivity index (χ0v) is 17.9. The van der Waals surface area contributed by atoms with Gasteiger partial charge >= 0.3 is 5.76 Å². The summed E-state index contributed by atoms with van der Waals surface area (Å²) >= 11 is 6.07. The van der Waals surface area contributed by atoms with Crippen LogP contribution in [0.15, 0.2) is 80.6 Å². The number of amides is 2. The van der Waals surface area contributed by atoms with E-state index in [1.54, 1.807) is 54.6 Å². The molecule has 2 aromatic heterocycles. The summed E-state index contributed by atoms with van der Waals surface area (Å²) in [7, 11) is 0. The zero-order valence-electron chi connectivity index (χ0n) is 17.2. The molecule has 0 saturated carbocycles. The molecule has 0 bridgehead atoms. The Labute approximate surface area is 195 Å². The average Bonchev–Trinajstić information content (AvgIpc) is 3.46. The molecule has 34 heavy (non-hydrogen) atoms. The molecule has 0 fully saturated rings. The van der Waals surface area contributed by atoms with E-state index in [0.29, 0.717) is 38.5 Å². The van der Waals surface area contributed by atoms with Gasteiger partial charge in [0, 0.05) is 21.8 Å². The quantitative estimate of drug-likeness (QED) is 0.343. The van der Waals surface area contributed by atoms with Gasteiger partial charge in [-0.05, 0) is 48.5 Å². The molecule has 0 aliphatic carbocycles. The van der Waals surface area contributed by atoms with Crippen molar-refractivity contribution in [2.45, 2.75) is 0 Å². The van der Waals surface area contributed by atoms with Crippen LogP contribution in [-0.2, 0) is 0 Å². The largest absolute Gasteiger partial charge is 0.439 e. The normalized spacial score (nSPS) is 10.9. The van der Waals surface area contributed by atoms with Crippen LogP contribution in [0.1, 0.15) is 20.8 Å². The van der Waals surface area contributed by atoms with Crippen LogP contribution < -0.4 is 16.4 Å². The van der Waals surface area contributed by atoms with Gasteiger partial charge in [0.1, 0.15) is 0 Å². The molecule has 0 unspecified atom stereocenters. The summed E-state index contributed by atoms with van der Waals surface area (Å²) in [5, 5.41) is 13.8. The molecule has 2 heterocycles. The minimum absolute atomic E-state index is 0.000330. The lowest BCUT2D eigenvalue weighted by Gasteiger charge is -2.09. The molecular weight excluding hydrogens is 462 g/mol. The number of carbonyl (C=O) groups is 2. The average molecular weight is 476 g/mol. The Kier molecular flexibility index (Phi) is 5.40. The maximum absolute atomic E-state index is 13.0. The van der Waals surface area contributed by atoms with Crippen molar-refractivity contribution in [2.24, 2.45) is 0 Å². The highest BCUT2D eigenvalue weighted by Crippen LogP contribution is 2.30. The van der Waals surface area contributed by atoms with Gasteiger partial charge < -0.3 is 15.2 Å². The van der Waals surface area contributed by atoms with Crippen LogP contribution in [0.25, 0.3) is 22.4 Å². The standard InChI is InChI=1S/C23H14ClN5O5/c24-13-6-8-17(15(10-13)20-27-23(32)34-29-20)26-22(31)19-16-11-14(7-9-18(16)33-28-19)25-21(30)12-4-2-1-3-5-12/h1-11H,(H,25,30)(H,26,31)(H,27,29,32). The smallest absolute Gasteiger partial charge is 0.355 e. The van der Waals surface area contributed by atoms with E-state index in [9.17, 15) is 14.4 Å². The molecule has 0 saturated heterocycles.